The summed E-state index contributed by atoms with van der Waals surface area (Å²) < 4.78 is 10.6. The molecule has 1 aromatic rings. The van der Waals surface area contributed by atoms with Gasteiger partial charge in [-0.15, -0.1) is 0 Å². The number of hydrogen-bond acceptors (Lipinski definition) is 6. The lowest BCUT2D eigenvalue weighted by atomic mass is 10.1. The normalized spacial score (nSPS) is 17.0. The van der Waals surface area contributed by atoms with E-state index in [2.05, 4.69) is 0 Å². The van der Waals surface area contributed by atoms with Crippen LogP contribution >= 0.6 is 21.6 Å². The summed E-state index contributed by atoms with van der Waals surface area (Å²) in [4.78, 5) is 23.3. The van der Waals surface area contributed by atoms with Crippen LogP contribution in [0.25, 0.3) is 0 Å². The molecular formula is C17H22O4S2. The number of hydrogen-bond donors (Lipinski definition) is 0. The van der Waals surface area contributed by atoms with Gasteiger partial charge >= 0.3 is 5.97 Å². The predicted octanol–water partition coefficient (Wildman–Crippen LogP) is 4.52. The summed E-state index contributed by atoms with van der Waals surface area (Å²) >= 11 is 0. The number of ether oxygens (including phenoxy) is 2. The molecule has 0 aliphatic carbocycles. The average Bonchev–Trinajstić information content (AvgIpc) is 3.05. The minimum absolute atomic E-state index is 0.0517. The van der Waals surface area contributed by atoms with Crippen LogP contribution in [0, 0.1) is 0 Å². The number of unbranched alkanes of at least 4 members (excludes halogenated alkanes) is 1. The molecule has 1 unspecified atom stereocenters. The fourth-order valence-corrected chi connectivity index (χ4v) is 5.38. The van der Waals surface area contributed by atoms with E-state index in [1.54, 1.807) is 18.2 Å². The number of carbonyl (C=O) groups excluding carboxylic acids is 2. The second kappa shape index (κ2) is 9.23. The first kappa shape index (κ1) is 18.2. The Morgan fingerprint density at radius 3 is 2.74 bits per heavy atom. The van der Waals surface area contributed by atoms with Crippen molar-refractivity contribution >= 4 is 33.3 Å². The van der Waals surface area contributed by atoms with Crippen molar-refractivity contribution < 1.29 is 19.1 Å². The van der Waals surface area contributed by atoms with Crippen molar-refractivity contribution in [2.24, 2.45) is 0 Å². The summed E-state index contributed by atoms with van der Waals surface area (Å²) in [5.74, 6) is 1.71. The van der Waals surface area contributed by atoms with Gasteiger partial charge in [0.2, 0.25) is 0 Å². The fraction of sp³-hybridized carbons (Fsp3) is 0.529. The Morgan fingerprint density at radius 1 is 1.26 bits per heavy atom. The molecule has 1 heterocycles. The summed E-state index contributed by atoms with van der Waals surface area (Å²) in [6.45, 7) is 1.49. The van der Waals surface area contributed by atoms with Gasteiger partial charge < -0.3 is 9.47 Å². The SMILES string of the molecule is COc1cc(C(C)=O)ccc1OC(=O)CCCCC1CCSS1. The summed E-state index contributed by atoms with van der Waals surface area (Å²) in [6, 6.07) is 4.85. The number of rotatable bonds is 8. The molecule has 1 saturated heterocycles. The summed E-state index contributed by atoms with van der Waals surface area (Å²) in [6.07, 6.45) is 4.74. The molecule has 0 N–H and O–H groups in total. The second-order valence-corrected chi connectivity index (χ2v) is 8.26. The topological polar surface area (TPSA) is 52.6 Å². The van der Waals surface area contributed by atoms with Crippen molar-refractivity contribution in [3.63, 3.8) is 0 Å². The maximum Gasteiger partial charge on any atom is 0.311 e. The van der Waals surface area contributed by atoms with Crippen LogP contribution in [0.3, 0.4) is 0 Å². The number of carbonyl (C=O) groups is 2. The van der Waals surface area contributed by atoms with Gasteiger partial charge in [-0.05, 0) is 44.4 Å². The van der Waals surface area contributed by atoms with Gasteiger partial charge in [-0.1, -0.05) is 28.0 Å². The van der Waals surface area contributed by atoms with E-state index in [0.29, 0.717) is 23.5 Å². The van der Waals surface area contributed by atoms with E-state index >= 15 is 0 Å². The zero-order valence-corrected chi connectivity index (χ0v) is 15.1. The molecule has 1 atom stereocenters. The molecule has 2 rings (SSSR count). The molecule has 0 aromatic heterocycles. The van der Waals surface area contributed by atoms with Gasteiger partial charge in [-0.3, -0.25) is 9.59 Å². The molecule has 1 aliphatic rings. The maximum absolute atomic E-state index is 11.9. The number of Topliss-reactive ketones (excluding diaryl/α,β-unsaturated/α-hetero) is 1. The van der Waals surface area contributed by atoms with Crippen molar-refractivity contribution in [1.82, 2.24) is 0 Å². The lowest BCUT2D eigenvalue weighted by Crippen LogP contribution is -2.09. The highest BCUT2D eigenvalue weighted by molar-refractivity contribution is 8.77. The van der Waals surface area contributed by atoms with Gasteiger partial charge in [0.15, 0.2) is 17.3 Å². The van der Waals surface area contributed by atoms with Crippen LogP contribution in [0.5, 0.6) is 11.5 Å². The van der Waals surface area contributed by atoms with Crippen molar-refractivity contribution in [2.75, 3.05) is 12.9 Å². The Kier molecular flexibility index (Phi) is 7.30. The fourth-order valence-electron chi connectivity index (χ4n) is 2.35. The molecule has 0 radical (unpaired) electrons. The summed E-state index contributed by atoms with van der Waals surface area (Å²) in [5.41, 5.74) is 0.536. The Morgan fingerprint density at radius 2 is 2.09 bits per heavy atom. The zero-order chi connectivity index (χ0) is 16.7. The van der Waals surface area contributed by atoms with Crippen LogP contribution in [-0.2, 0) is 4.79 Å². The molecule has 126 valence electrons. The van der Waals surface area contributed by atoms with E-state index in [-0.39, 0.29) is 11.8 Å². The van der Waals surface area contributed by atoms with Gasteiger partial charge in [-0.25, -0.2) is 0 Å². The van der Waals surface area contributed by atoms with E-state index in [1.165, 1.54) is 32.6 Å². The second-order valence-electron chi connectivity index (χ2n) is 5.47. The number of benzene rings is 1. The molecule has 23 heavy (non-hydrogen) atoms. The molecule has 4 nitrogen and oxygen atoms in total. The third-order valence-electron chi connectivity index (χ3n) is 3.68. The highest BCUT2D eigenvalue weighted by atomic mass is 33.1. The Bertz CT molecular complexity index is 554. The Balaban J connectivity index is 1.78. The lowest BCUT2D eigenvalue weighted by molar-refractivity contribution is -0.134. The van der Waals surface area contributed by atoms with Crippen LogP contribution in [0.15, 0.2) is 18.2 Å². The van der Waals surface area contributed by atoms with E-state index < -0.39 is 0 Å². The largest absolute Gasteiger partial charge is 0.493 e. The van der Waals surface area contributed by atoms with Crippen molar-refractivity contribution in [1.29, 1.82) is 0 Å². The molecule has 0 spiro atoms. The van der Waals surface area contributed by atoms with Gasteiger partial charge in [-0.2, -0.15) is 0 Å². The standard InChI is InChI=1S/C17H22O4S2/c1-12(18)13-7-8-15(16(11-13)20-2)21-17(19)6-4-3-5-14-9-10-22-23-14/h7-8,11,14H,3-6,9-10H2,1-2H3. The van der Waals surface area contributed by atoms with Crippen molar-refractivity contribution in [3.8, 4) is 11.5 Å². The highest BCUT2D eigenvalue weighted by Gasteiger charge is 2.16. The first-order valence-corrected chi connectivity index (χ1v) is 10.2. The summed E-state index contributed by atoms with van der Waals surface area (Å²) in [7, 11) is 5.41. The van der Waals surface area contributed by atoms with Gasteiger partial charge in [0.05, 0.1) is 7.11 Å². The molecule has 0 amide bonds. The highest BCUT2D eigenvalue weighted by Crippen LogP contribution is 2.39. The van der Waals surface area contributed by atoms with E-state index in [0.717, 1.165) is 18.1 Å². The minimum atomic E-state index is -0.257. The van der Waals surface area contributed by atoms with E-state index in [9.17, 15) is 9.59 Å². The van der Waals surface area contributed by atoms with Crippen molar-refractivity contribution in [2.45, 2.75) is 44.3 Å². The Labute approximate surface area is 145 Å². The Hall–Kier alpha value is -1.14. The van der Waals surface area contributed by atoms with Crippen LogP contribution in [-0.4, -0.2) is 29.9 Å². The quantitative estimate of drug-likeness (QED) is 0.225. The van der Waals surface area contributed by atoms with Crippen molar-refractivity contribution in [3.05, 3.63) is 23.8 Å². The third-order valence-corrected chi connectivity index (χ3v) is 6.68. The maximum atomic E-state index is 11.9. The smallest absolute Gasteiger partial charge is 0.311 e. The molecule has 0 bridgehead atoms. The third kappa shape index (κ3) is 5.77. The van der Waals surface area contributed by atoms with Gasteiger partial charge in [0.25, 0.3) is 0 Å². The van der Waals surface area contributed by atoms with Crippen LogP contribution in [0.4, 0.5) is 0 Å². The molecule has 0 saturated carbocycles. The first-order valence-electron chi connectivity index (χ1n) is 7.78. The predicted molar refractivity (Wildman–Crippen MR) is 95.6 cm³/mol. The minimum Gasteiger partial charge on any atom is -0.493 e. The van der Waals surface area contributed by atoms with Gasteiger partial charge in [0, 0.05) is 23.0 Å². The molecule has 6 heteroatoms. The monoisotopic (exact) mass is 354 g/mol. The number of ketones is 1. The number of esters is 1. The van der Waals surface area contributed by atoms with Crippen LogP contribution in [0.1, 0.15) is 49.4 Å². The zero-order valence-electron chi connectivity index (χ0n) is 13.5. The molecule has 1 aliphatic heterocycles. The average molecular weight is 354 g/mol. The molecule has 1 aromatic carbocycles. The summed E-state index contributed by atoms with van der Waals surface area (Å²) in [5, 5.41) is 0.746. The molecular weight excluding hydrogens is 332 g/mol. The lowest BCUT2D eigenvalue weighted by Gasteiger charge is -2.10. The van der Waals surface area contributed by atoms with Gasteiger partial charge in [0.1, 0.15) is 0 Å². The van der Waals surface area contributed by atoms with E-state index in [1.807, 2.05) is 21.6 Å². The van der Waals surface area contributed by atoms with Crippen LogP contribution < -0.4 is 9.47 Å². The first-order chi connectivity index (χ1) is 11.1. The van der Waals surface area contributed by atoms with Crippen LogP contribution in [0.2, 0.25) is 0 Å². The molecule has 1 fully saturated rings. The number of methoxy groups -OCH3 is 1. The van der Waals surface area contributed by atoms with E-state index in [4.69, 9.17) is 9.47 Å².